The van der Waals surface area contributed by atoms with Crippen LogP contribution in [0.5, 0.6) is 0 Å². The van der Waals surface area contributed by atoms with E-state index in [4.69, 9.17) is 0 Å². The van der Waals surface area contributed by atoms with E-state index < -0.39 is 0 Å². The Hall–Kier alpha value is -1.35. The van der Waals surface area contributed by atoms with Crippen LogP contribution >= 0.6 is 15.9 Å². The minimum Gasteiger partial charge on any atom is -0.381 e. The molecule has 0 bridgehead atoms. The van der Waals surface area contributed by atoms with Gasteiger partial charge in [-0.1, -0.05) is 47.1 Å². The number of halogens is 2. The molecule has 0 fully saturated rings. The Morgan fingerprint density at radius 3 is 2.61 bits per heavy atom. The zero-order chi connectivity index (χ0) is 13.0. The Morgan fingerprint density at radius 2 is 1.89 bits per heavy atom. The number of para-hydroxylation sites is 1. The van der Waals surface area contributed by atoms with E-state index in [9.17, 15) is 4.39 Å². The third-order valence-corrected chi connectivity index (χ3v) is 3.38. The molecule has 2 rings (SSSR count). The standard InChI is InChI=1S/C15H15BrFN/c1-2-11-5-3-4-6-15(11)18-10-12-7-8-13(16)9-14(12)17/h3-9,18H,2,10H2,1H3. The molecular weight excluding hydrogens is 293 g/mol. The summed E-state index contributed by atoms with van der Waals surface area (Å²) in [6, 6.07) is 13.2. The first-order chi connectivity index (χ1) is 8.70. The van der Waals surface area contributed by atoms with Crippen molar-refractivity contribution < 1.29 is 4.39 Å². The van der Waals surface area contributed by atoms with Gasteiger partial charge in [0.1, 0.15) is 5.82 Å². The Bertz CT molecular complexity index is 540. The molecule has 0 atom stereocenters. The summed E-state index contributed by atoms with van der Waals surface area (Å²) in [5.74, 6) is -0.189. The van der Waals surface area contributed by atoms with Crippen LogP contribution in [-0.4, -0.2) is 0 Å². The van der Waals surface area contributed by atoms with Crippen molar-refractivity contribution in [3.8, 4) is 0 Å². The summed E-state index contributed by atoms with van der Waals surface area (Å²) < 4.78 is 14.4. The Balaban J connectivity index is 2.11. The average Bonchev–Trinajstić information content (AvgIpc) is 2.38. The molecule has 0 radical (unpaired) electrons. The molecule has 0 spiro atoms. The van der Waals surface area contributed by atoms with Gasteiger partial charge in [-0.15, -0.1) is 0 Å². The summed E-state index contributed by atoms with van der Waals surface area (Å²) in [5.41, 5.74) is 2.99. The molecule has 0 aromatic heterocycles. The average molecular weight is 308 g/mol. The van der Waals surface area contributed by atoms with Crippen molar-refractivity contribution in [2.45, 2.75) is 19.9 Å². The second-order valence-electron chi connectivity index (χ2n) is 4.10. The quantitative estimate of drug-likeness (QED) is 0.858. The van der Waals surface area contributed by atoms with Crippen molar-refractivity contribution in [2.75, 3.05) is 5.32 Å². The van der Waals surface area contributed by atoms with Gasteiger partial charge in [0.15, 0.2) is 0 Å². The molecule has 3 heteroatoms. The lowest BCUT2D eigenvalue weighted by atomic mass is 10.1. The van der Waals surface area contributed by atoms with Crippen molar-refractivity contribution in [3.63, 3.8) is 0 Å². The number of hydrogen-bond donors (Lipinski definition) is 1. The SMILES string of the molecule is CCc1ccccc1NCc1ccc(Br)cc1F. The second kappa shape index (κ2) is 6.01. The first-order valence-corrected chi connectivity index (χ1v) is 6.75. The second-order valence-corrected chi connectivity index (χ2v) is 5.02. The lowest BCUT2D eigenvalue weighted by Gasteiger charge is -2.11. The molecule has 94 valence electrons. The van der Waals surface area contributed by atoms with Gasteiger partial charge in [0.2, 0.25) is 0 Å². The molecule has 0 saturated heterocycles. The van der Waals surface area contributed by atoms with Gasteiger partial charge in [-0.25, -0.2) is 4.39 Å². The zero-order valence-electron chi connectivity index (χ0n) is 10.2. The van der Waals surface area contributed by atoms with Gasteiger partial charge in [0.25, 0.3) is 0 Å². The number of anilines is 1. The largest absolute Gasteiger partial charge is 0.381 e. The minimum absolute atomic E-state index is 0.189. The summed E-state index contributed by atoms with van der Waals surface area (Å²) in [6.45, 7) is 2.61. The predicted molar refractivity (Wildman–Crippen MR) is 77.2 cm³/mol. The molecule has 1 N–H and O–H groups in total. The van der Waals surface area contributed by atoms with Crippen molar-refractivity contribution >= 4 is 21.6 Å². The first-order valence-electron chi connectivity index (χ1n) is 5.96. The summed E-state index contributed by atoms with van der Waals surface area (Å²) >= 11 is 3.25. The van der Waals surface area contributed by atoms with Gasteiger partial charge in [0, 0.05) is 22.3 Å². The molecule has 18 heavy (non-hydrogen) atoms. The van der Waals surface area contributed by atoms with Crippen LogP contribution in [0.1, 0.15) is 18.1 Å². The molecule has 0 aliphatic heterocycles. The molecule has 2 aromatic carbocycles. The summed E-state index contributed by atoms with van der Waals surface area (Å²) in [4.78, 5) is 0. The Kier molecular flexibility index (Phi) is 4.37. The number of hydrogen-bond acceptors (Lipinski definition) is 1. The van der Waals surface area contributed by atoms with Gasteiger partial charge in [-0.2, -0.15) is 0 Å². The zero-order valence-corrected chi connectivity index (χ0v) is 11.8. The van der Waals surface area contributed by atoms with Crippen LogP contribution in [-0.2, 0) is 13.0 Å². The molecule has 0 saturated carbocycles. The van der Waals surface area contributed by atoms with E-state index in [0.717, 1.165) is 16.6 Å². The molecule has 0 heterocycles. The minimum atomic E-state index is -0.189. The highest BCUT2D eigenvalue weighted by Gasteiger charge is 2.04. The summed E-state index contributed by atoms with van der Waals surface area (Å²) in [7, 11) is 0. The topological polar surface area (TPSA) is 12.0 Å². The predicted octanol–water partition coefficient (Wildman–Crippen LogP) is 4.76. The number of nitrogens with one attached hydrogen (secondary N) is 1. The molecule has 1 nitrogen and oxygen atoms in total. The third kappa shape index (κ3) is 3.10. The van der Waals surface area contributed by atoms with Crippen molar-refractivity contribution in [1.82, 2.24) is 0 Å². The van der Waals surface area contributed by atoms with E-state index in [-0.39, 0.29) is 5.82 Å². The van der Waals surface area contributed by atoms with Crippen LogP contribution < -0.4 is 5.32 Å². The normalized spacial score (nSPS) is 10.4. The van der Waals surface area contributed by atoms with Gasteiger partial charge in [0.05, 0.1) is 0 Å². The smallest absolute Gasteiger partial charge is 0.129 e. The maximum Gasteiger partial charge on any atom is 0.129 e. The molecule has 0 amide bonds. The van der Waals surface area contributed by atoms with Gasteiger partial charge in [-0.3, -0.25) is 0 Å². The number of benzene rings is 2. The highest BCUT2D eigenvalue weighted by atomic mass is 79.9. The maximum atomic E-state index is 13.7. The van der Waals surface area contributed by atoms with Crippen molar-refractivity contribution in [1.29, 1.82) is 0 Å². The van der Waals surface area contributed by atoms with Crippen LogP contribution in [0.25, 0.3) is 0 Å². The fourth-order valence-corrected chi connectivity index (χ4v) is 2.19. The molecule has 2 aromatic rings. The first kappa shape index (κ1) is 13.1. The lowest BCUT2D eigenvalue weighted by Crippen LogP contribution is -2.03. The summed E-state index contributed by atoms with van der Waals surface area (Å²) in [5, 5.41) is 3.29. The Morgan fingerprint density at radius 1 is 1.11 bits per heavy atom. The van der Waals surface area contributed by atoms with Crippen LogP contribution in [0, 0.1) is 5.82 Å². The van der Waals surface area contributed by atoms with Crippen LogP contribution in [0.2, 0.25) is 0 Å². The number of aryl methyl sites for hydroxylation is 1. The Labute approximate surface area is 115 Å². The van der Waals surface area contributed by atoms with E-state index in [2.05, 4.69) is 34.2 Å². The monoisotopic (exact) mass is 307 g/mol. The molecule has 0 unspecified atom stereocenters. The molecular formula is C15H15BrFN. The summed E-state index contributed by atoms with van der Waals surface area (Å²) in [6.07, 6.45) is 0.964. The van der Waals surface area contributed by atoms with Crippen LogP contribution in [0.3, 0.4) is 0 Å². The molecule has 0 aliphatic carbocycles. The fourth-order valence-electron chi connectivity index (χ4n) is 1.86. The van der Waals surface area contributed by atoms with E-state index in [1.165, 1.54) is 11.6 Å². The number of rotatable bonds is 4. The van der Waals surface area contributed by atoms with Crippen molar-refractivity contribution in [2.24, 2.45) is 0 Å². The maximum absolute atomic E-state index is 13.7. The van der Waals surface area contributed by atoms with Gasteiger partial charge < -0.3 is 5.32 Å². The highest BCUT2D eigenvalue weighted by Crippen LogP contribution is 2.19. The van der Waals surface area contributed by atoms with Crippen molar-refractivity contribution in [3.05, 3.63) is 63.9 Å². The van der Waals surface area contributed by atoms with Gasteiger partial charge in [-0.05, 0) is 30.2 Å². The lowest BCUT2D eigenvalue weighted by molar-refractivity contribution is 0.612. The third-order valence-electron chi connectivity index (χ3n) is 2.88. The van der Waals surface area contributed by atoms with E-state index in [1.54, 1.807) is 6.07 Å². The molecule has 0 aliphatic rings. The van der Waals surface area contributed by atoms with E-state index >= 15 is 0 Å². The van der Waals surface area contributed by atoms with E-state index in [1.807, 2.05) is 24.3 Å². The fraction of sp³-hybridized carbons (Fsp3) is 0.200. The van der Waals surface area contributed by atoms with Crippen LogP contribution in [0.4, 0.5) is 10.1 Å². The van der Waals surface area contributed by atoms with E-state index in [0.29, 0.717) is 12.1 Å². The van der Waals surface area contributed by atoms with Crippen LogP contribution in [0.15, 0.2) is 46.9 Å². The highest BCUT2D eigenvalue weighted by molar-refractivity contribution is 9.10. The van der Waals surface area contributed by atoms with Gasteiger partial charge >= 0.3 is 0 Å².